The van der Waals surface area contributed by atoms with Gasteiger partial charge < -0.3 is 15.4 Å². The molecule has 1 aromatic rings. The van der Waals surface area contributed by atoms with E-state index in [1.54, 1.807) is 0 Å². The lowest BCUT2D eigenvalue weighted by molar-refractivity contribution is 0.0463. The number of alkyl carbamates (subject to hydrolysis) is 1. The van der Waals surface area contributed by atoms with Crippen molar-refractivity contribution in [2.45, 2.75) is 63.1 Å². The van der Waals surface area contributed by atoms with Gasteiger partial charge in [0.25, 0.3) is 0 Å². The van der Waals surface area contributed by atoms with E-state index < -0.39 is 5.60 Å². The summed E-state index contributed by atoms with van der Waals surface area (Å²) in [6, 6.07) is 9.84. The van der Waals surface area contributed by atoms with Gasteiger partial charge in [0.1, 0.15) is 5.60 Å². The van der Waals surface area contributed by atoms with Crippen molar-refractivity contribution in [3.63, 3.8) is 0 Å². The molecule has 1 aromatic carbocycles. The van der Waals surface area contributed by atoms with Gasteiger partial charge in [0.05, 0.1) is 0 Å². The number of carbonyl (C=O) groups excluding carboxylic acids is 1. The molecule has 1 aliphatic carbocycles. The summed E-state index contributed by atoms with van der Waals surface area (Å²) in [6.45, 7) is 5.65. The number of thioether (sulfide) groups is 1. The van der Waals surface area contributed by atoms with Crippen LogP contribution >= 0.6 is 11.8 Å². The summed E-state index contributed by atoms with van der Waals surface area (Å²) < 4.78 is 5.30. The van der Waals surface area contributed by atoms with Crippen molar-refractivity contribution in [2.24, 2.45) is 0 Å². The highest BCUT2D eigenvalue weighted by Gasteiger charge is 2.34. The number of nitrogens with one attached hydrogen (secondary N) is 2. The summed E-state index contributed by atoms with van der Waals surface area (Å²) >= 11 is 1.99. The highest BCUT2D eigenvalue weighted by molar-refractivity contribution is 7.98. The van der Waals surface area contributed by atoms with Crippen molar-refractivity contribution in [1.82, 2.24) is 10.6 Å². The van der Waals surface area contributed by atoms with Gasteiger partial charge >= 0.3 is 6.09 Å². The summed E-state index contributed by atoms with van der Waals surface area (Å²) in [5, 5.41) is 6.70. The molecule has 0 aromatic heterocycles. The zero-order valence-electron chi connectivity index (χ0n) is 14.1. The topological polar surface area (TPSA) is 50.4 Å². The second-order valence-corrected chi connectivity index (χ2v) is 8.47. The first-order valence-corrected chi connectivity index (χ1v) is 9.47. The van der Waals surface area contributed by atoms with E-state index in [0.717, 1.165) is 24.3 Å². The predicted octanol–water partition coefficient (Wildman–Crippen LogP) is 3.62. The molecular formula is C18H26N2O2S. The number of carbonyl (C=O) groups is 1. The summed E-state index contributed by atoms with van der Waals surface area (Å²) in [5.41, 5.74) is 2.45. The summed E-state index contributed by atoms with van der Waals surface area (Å²) in [7, 11) is 0. The van der Waals surface area contributed by atoms with Gasteiger partial charge in [-0.2, -0.15) is 11.8 Å². The lowest BCUT2D eigenvalue weighted by Gasteiger charge is -2.40. The highest BCUT2D eigenvalue weighted by Crippen LogP contribution is 2.33. The molecule has 126 valence electrons. The quantitative estimate of drug-likeness (QED) is 0.886. The molecule has 4 nitrogen and oxygen atoms in total. The Morgan fingerprint density at radius 2 is 1.96 bits per heavy atom. The van der Waals surface area contributed by atoms with Crippen molar-refractivity contribution in [2.75, 3.05) is 5.75 Å². The van der Waals surface area contributed by atoms with Crippen molar-refractivity contribution < 1.29 is 9.53 Å². The van der Waals surface area contributed by atoms with Crippen LogP contribution in [-0.2, 0) is 10.5 Å². The molecule has 1 unspecified atom stereocenters. The lowest BCUT2D eigenvalue weighted by atomic mass is 9.85. The molecule has 0 radical (unpaired) electrons. The number of fused-ring (bicyclic) bond motifs is 1. The minimum atomic E-state index is -0.436. The van der Waals surface area contributed by atoms with Gasteiger partial charge in [-0.05, 0) is 44.7 Å². The number of hydrogen-bond acceptors (Lipinski definition) is 4. The summed E-state index contributed by atoms with van der Waals surface area (Å²) in [5.74, 6) is 2.24. The minimum absolute atomic E-state index is 0.230. The first-order valence-electron chi connectivity index (χ1n) is 8.32. The van der Waals surface area contributed by atoms with Crippen molar-refractivity contribution >= 4 is 17.9 Å². The van der Waals surface area contributed by atoms with Gasteiger partial charge in [0.15, 0.2) is 0 Å². The average Bonchev–Trinajstić information content (AvgIpc) is 2.43. The molecule has 0 saturated heterocycles. The smallest absolute Gasteiger partial charge is 0.407 e. The fourth-order valence-corrected chi connectivity index (χ4v) is 4.26. The first kappa shape index (κ1) is 16.7. The molecular weight excluding hydrogens is 308 g/mol. The Labute approximate surface area is 142 Å². The molecule has 1 aliphatic heterocycles. The van der Waals surface area contributed by atoms with Crippen LogP contribution in [0.1, 0.15) is 50.8 Å². The van der Waals surface area contributed by atoms with Gasteiger partial charge in [0.2, 0.25) is 0 Å². The molecule has 1 saturated carbocycles. The maximum atomic E-state index is 11.8. The third kappa shape index (κ3) is 4.42. The van der Waals surface area contributed by atoms with Gasteiger partial charge in [-0.3, -0.25) is 0 Å². The Morgan fingerprint density at radius 3 is 2.70 bits per heavy atom. The lowest BCUT2D eigenvalue weighted by Crippen LogP contribution is -2.54. The molecule has 1 heterocycles. The van der Waals surface area contributed by atoms with Crippen LogP contribution < -0.4 is 10.6 Å². The third-order valence-corrected chi connectivity index (χ3v) is 5.35. The van der Waals surface area contributed by atoms with Gasteiger partial charge in [-0.25, -0.2) is 4.79 Å². The molecule has 2 N–H and O–H groups in total. The molecule has 1 atom stereocenters. The maximum absolute atomic E-state index is 11.8. The maximum Gasteiger partial charge on any atom is 0.407 e. The molecule has 3 rings (SSSR count). The second kappa shape index (κ2) is 6.73. The van der Waals surface area contributed by atoms with Crippen LogP contribution in [0.15, 0.2) is 24.3 Å². The Hall–Kier alpha value is -1.20. The zero-order chi connectivity index (χ0) is 16.4. The van der Waals surface area contributed by atoms with E-state index in [9.17, 15) is 4.79 Å². The van der Waals surface area contributed by atoms with E-state index >= 15 is 0 Å². The van der Waals surface area contributed by atoms with Crippen molar-refractivity contribution in [1.29, 1.82) is 0 Å². The molecule has 1 fully saturated rings. The van der Waals surface area contributed by atoms with E-state index in [0.29, 0.717) is 12.1 Å². The van der Waals surface area contributed by atoms with Crippen LogP contribution in [0, 0.1) is 0 Å². The Morgan fingerprint density at radius 1 is 1.22 bits per heavy atom. The van der Waals surface area contributed by atoms with Gasteiger partial charge in [-0.15, -0.1) is 0 Å². The number of amides is 1. The number of ether oxygens (including phenoxy) is 1. The fourth-order valence-electron chi connectivity index (χ4n) is 3.15. The van der Waals surface area contributed by atoms with Crippen LogP contribution in [0.4, 0.5) is 4.79 Å². The molecule has 0 spiro atoms. The Bertz CT molecular complexity index is 564. The van der Waals surface area contributed by atoms with Crippen molar-refractivity contribution in [3.8, 4) is 0 Å². The zero-order valence-corrected chi connectivity index (χ0v) is 14.9. The predicted molar refractivity (Wildman–Crippen MR) is 94.7 cm³/mol. The van der Waals surface area contributed by atoms with Crippen LogP contribution in [0.2, 0.25) is 0 Å². The summed E-state index contributed by atoms with van der Waals surface area (Å²) in [6.07, 6.45) is 1.64. The molecule has 5 heteroatoms. The Balaban J connectivity index is 1.45. The number of hydrogen-bond donors (Lipinski definition) is 2. The molecule has 2 aliphatic rings. The number of rotatable bonds is 3. The standard InChI is InChI=1S/C18H26N2O2S/c1-18(2,3)22-17(21)20-14-8-13(9-14)19-16-11-23-10-12-6-4-5-7-15(12)16/h4-7,13-14,16,19H,8-11H2,1-3H3,(H,20,21). The average molecular weight is 334 g/mol. The molecule has 0 bridgehead atoms. The van der Waals surface area contributed by atoms with E-state index in [4.69, 9.17) is 4.74 Å². The van der Waals surface area contributed by atoms with Crippen LogP contribution in [0.25, 0.3) is 0 Å². The van der Waals surface area contributed by atoms with E-state index in [-0.39, 0.29) is 12.1 Å². The highest BCUT2D eigenvalue weighted by atomic mass is 32.2. The fraction of sp³-hybridized carbons (Fsp3) is 0.611. The van der Waals surface area contributed by atoms with E-state index in [1.165, 1.54) is 11.1 Å². The molecule has 1 amide bonds. The normalized spacial score (nSPS) is 26.8. The van der Waals surface area contributed by atoms with E-state index in [2.05, 4.69) is 34.9 Å². The van der Waals surface area contributed by atoms with Crippen LogP contribution in [0.3, 0.4) is 0 Å². The van der Waals surface area contributed by atoms with E-state index in [1.807, 2.05) is 32.5 Å². The Kier molecular flexibility index (Phi) is 4.87. The monoisotopic (exact) mass is 334 g/mol. The van der Waals surface area contributed by atoms with Crippen LogP contribution in [0.5, 0.6) is 0 Å². The third-order valence-electron chi connectivity index (χ3n) is 4.27. The van der Waals surface area contributed by atoms with Crippen LogP contribution in [-0.4, -0.2) is 29.5 Å². The first-order chi connectivity index (χ1) is 10.9. The second-order valence-electron chi connectivity index (χ2n) is 7.44. The SMILES string of the molecule is CC(C)(C)OC(=O)NC1CC(NC2CSCc3ccccc32)C1. The largest absolute Gasteiger partial charge is 0.444 e. The van der Waals surface area contributed by atoms with Crippen molar-refractivity contribution in [3.05, 3.63) is 35.4 Å². The number of benzene rings is 1. The summed E-state index contributed by atoms with van der Waals surface area (Å²) in [4.78, 5) is 11.8. The van der Waals surface area contributed by atoms with Gasteiger partial charge in [-0.1, -0.05) is 24.3 Å². The minimum Gasteiger partial charge on any atom is -0.444 e. The molecule has 23 heavy (non-hydrogen) atoms. The van der Waals surface area contributed by atoms with Gasteiger partial charge in [0, 0.05) is 29.6 Å².